The third-order valence-electron chi connectivity index (χ3n) is 1.34. The van der Waals surface area contributed by atoms with E-state index in [0.717, 1.165) is 0 Å². The van der Waals surface area contributed by atoms with Gasteiger partial charge in [0.1, 0.15) is 0 Å². The molecule has 1 heterocycles. The van der Waals surface area contributed by atoms with E-state index in [1.165, 1.54) is 19.1 Å². The molecule has 0 aromatic carbocycles. The van der Waals surface area contributed by atoms with E-state index in [1.807, 2.05) is 0 Å². The van der Waals surface area contributed by atoms with Gasteiger partial charge >= 0.3 is 5.97 Å². The van der Waals surface area contributed by atoms with Crippen molar-refractivity contribution in [1.82, 2.24) is 0 Å². The fourth-order valence-electron chi connectivity index (χ4n) is 0.920. The van der Waals surface area contributed by atoms with Gasteiger partial charge in [-0.05, 0) is 13.8 Å². The SMILES string of the molecule is CCOC1=CC(=O)O/C1=C\C(C)=O. The van der Waals surface area contributed by atoms with E-state index in [-0.39, 0.29) is 11.5 Å². The molecule has 0 fully saturated rings. The second kappa shape index (κ2) is 3.89. The first kappa shape index (κ1) is 9.51. The summed E-state index contributed by atoms with van der Waals surface area (Å²) < 4.78 is 9.80. The molecular formula is C9H10O4. The second-order valence-electron chi connectivity index (χ2n) is 2.48. The molecule has 0 unspecified atom stereocenters. The summed E-state index contributed by atoms with van der Waals surface area (Å²) in [5.41, 5.74) is 0. The Morgan fingerprint density at radius 2 is 2.38 bits per heavy atom. The first-order chi connectivity index (χ1) is 6.13. The number of rotatable bonds is 3. The molecule has 0 spiro atoms. The van der Waals surface area contributed by atoms with Crippen LogP contribution in [0.25, 0.3) is 0 Å². The van der Waals surface area contributed by atoms with Crippen LogP contribution in [0.3, 0.4) is 0 Å². The molecule has 0 aromatic heterocycles. The number of allylic oxidation sites excluding steroid dienone is 1. The number of ketones is 1. The maximum atomic E-state index is 10.8. The van der Waals surface area contributed by atoms with Crippen LogP contribution in [-0.4, -0.2) is 18.4 Å². The normalized spacial score (nSPS) is 18.5. The van der Waals surface area contributed by atoms with Gasteiger partial charge in [-0.25, -0.2) is 4.79 Å². The van der Waals surface area contributed by atoms with Crippen molar-refractivity contribution in [2.24, 2.45) is 0 Å². The Hall–Kier alpha value is -1.58. The van der Waals surface area contributed by atoms with E-state index >= 15 is 0 Å². The Labute approximate surface area is 75.8 Å². The zero-order valence-electron chi connectivity index (χ0n) is 7.49. The molecule has 70 valence electrons. The van der Waals surface area contributed by atoms with Crippen LogP contribution in [0.15, 0.2) is 23.7 Å². The van der Waals surface area contributed by atoms with Crippen LogP contribution in [0.1, 0.15) is 13.8 Å². The summed E-state index contributed by atoms with van der Waals surface area (Å²) in [6.07, 6.45) is 2.45. The number of cyclic esters (lactones) is 1. The maximum absolute atomic E-state index is 10.8. The van der Waals surface area contributed by atoms with Gasteiger partial charge in [-0.3, -0.25) is 4.79 Å². The van der Waals surface area contributed by atoms with Gasteiger partial charge in [-0.15, -0.1) is 0 Å². The van der Waals surface area contributed by atoms with Crippen LogP contribution in [0.2, 0.25) is 0 Å². The smallest absolute Gasteiger partial charge is 0.340 e. The van der Waals surface area contributed by atoms with Crippen LogP contribution in [0.4, 0.5) is 0 Å². The Morgan fingerprint density at radius 1 is 1.69 bits per heavy atom. The van der Waals surface area contributed by atoms with Crippen molar-refractivity contribution < 1.29 is 19.1 Å². The number of hydrogen-bond donors (Lipinski definition) is 0. The van der Waals surface area contributed by atoms with Crippen molar-refractivity contribution >= 4 is 11.8 Å². The van der Waals surface area contributed by atoms with E-state index in [4.69, 9.17) is 9.47 Å². The standard InChI is InChI=1S/C9H10O4/c1-3-12-7-5-9(11)13-8(7)4-6(2)10/h4-5H,3H2,1-2H3/b8-4-. The molecule has 1 rings (SSSR count). The second-order valence-corrected chi connectivity index (χ2v) is 2.48. The third kappa shape index (κ3) is 2.43. The van der Waals surface area contributed by atoms with E-state index in [0.29, 0.717) is 12.4 Å². The summed E-state index contributed by atoms with van der Waals surface area (Å²) in [5, 5.41) is 0. The summed E-state index contributed by atoms with van der Waals surface area (Å²) >= 11 is 0. The molecule has 0 aromatic rings. The van der Waals surface area contributed by atoms with Gasteiger partial charge in [0.2, 0.25) is 0 Å². The van der Waals surface area contributed by atoms with Crippen LogP contribution in [0.5, 0.6) is 0 Å². The van der Waals surface area contributed by atoms with Crippen molar-refractivity contribution in [2.75, 3.05) is 6.61 Å². The average molecular weight is 182 g/mol. The Morgan fingerprint density at radius 3 is 2.92 bits per heavy atom. The number of esters is 1. The minimum atomic E-state index is -0.504. The fourth-order valence-corrected chi connectivity index (χ4v) is 0.920. The highest BCUT2D eigenvalue weighted by atomic mass is 16.6. The van der Waals surface area contributed by atoms with Gasteiger partial charge < -0.3 is 9.47 Å². The lowest BCUT2D eigenvalue weighted by Crippen LogP contribution is -1.97. The molecule has 0 atom stereocenters. The number of carbonyl (C=O) groups is 2. The Kier molecular flexibility index (Phi) is 2.84. The fraction of sp³-hybridized carbons (Fsp3) is 0.333. The minimum Gasteiger partial charge on any atom is -0.490 e. The number of ether oxygens (including phenoxy) is 2. The monoisotopic (exact) mass is 182 g/mol. The number of carbonyl (C=O) groups excluding carboxylic acids is 2. The van der Waals surface area contributed by atoms with E-state index in [1.54, 1.807) is 6.92 Å². The molecular weight excluding hydrogens is 172 g/mol. The maximum Gasteiger partial charge on any atom is 0.340 e. The molecule has 0 bridgehead atoms. The van der Waals surface area contributed by atoms with Gasteiger partial charge in [-0.2, -0.15) is 0 Å². The largest absolute Gasteiger partial charge is 0.490 e. The lowest BCUT2D eigenvalue weighted by atomic mass is 10.3. The molecule has 0 amide bonds. The molecule has 4 heteroatoms. The molecule has 0 N–H and O–H groups in total. The molecule has 4 nitrogen and oxygen atoms in total. The van der Waals surface area contributed by atoms with Crippen molar-refractivity contribution in [1.29, 1.82) is 0 Å². The first-order valence-electron chi connectivity index (χ1n) is 3.92. The van der Waals surface area contributed by atoms with Crippen molar-refractivity contribution in [3.63, 3.8) is 0 Å². The minimum absolute atomic E-state index is 0.185. The van der Waals surface area contributed by atoms with Crippen molar-refractivity contribution in [3.05, 3.63) is 23.7 Å². The van der Waals surface area contributed by atoms with E-state index in [2.05, 4.69) is 0 Å². The molecule has 13 heavy (non-hydrogen) atoms. The highest BCUT2D eigenvalue weighted by Gasteiger charge is 2.21. The molecule has 0 saturated heterocycles. The highest BCUT2D eigenvalue weighted by molar-refractivity contribution is 5.93. The van der Waals surface area contributed by atoms with Gasteiger partial charge in [0.15, 0.2) is 17.3 Å². The van der Waals surface area contributed by atoms with E-state index < -0.39 is 5.97 Å². The third-order valence-corrected chi connectivity index (χ3v) is 1.34. The molecule has 0 saturated carbocycles. The summed E-state index contributed by atoms with van der Waals surface area (Å²) in [6, 6.07) is 0. The topological polar surface area (TPSA) is 52.6 Å². The number of hydrogen-bond acceptors (Lipinski definition) is 4. The predicted molar refractivity (Wildman–Crippen MR) is 44.6 cm³/mol. The van der Waals surface area contributed by atoms with Crippen LogP contribution in [0, 0.1) is 0 Å². The van der Waals surface area contributed by atoms with E-state index in [9.17, 15) is 9.59 Å². The van der Waals surface area contributed by atoms with Crippen molar-refractivity contribution in [2.45, 2.75) is 13.8 Å². The van der Waals surface area contributed by atoms with Crippen LogP contribution in [-0.2, 0) is 19.1 Å². The molecule has 1 aliphatic heterocycles. The quantitative estimate of drug-likeness (QED) is 0.481. The van der Waals surface area contributed by atoms with Gasteiger partial charge in [0.25, 0.3) is 0 Å². The molecule has 0 aliphatic carbocycles. The lowest BCUT2D eigenvalue weighted by Gasteiger charge is -2.03. The van der Waals surface area contributed by atoms with Gasteiger partial charge in [0, 0.05) is 6.08 Å². The van der Waals surface area contributed by atoms with Crippen LogP contribution >= 0.6 is 0 Å². The van der Waals surface area contributed by atoms with Crippen molar-refractivity contribution in [3.8, 4) is 0 Å². The summed E-state index contributed by atoms with van der Waals surface area (Å²) in [4.78, 5) is 21.5. The zero-order valence-corrected chi connectivity index (χ0v) is 7.49. The van der Waals surface area contributed by atoms with Crippen LogP contribution < -0.4 is 0 Å². The van der Waals surface area contributed by atoms with Gasteiger partial charge in [-0.1, -0.05) is 0 Å². The zero-order chi connectivity index (χ0) is 9.84. The Bertz CT molecular complexity index is 299. The predicted octanol–water partition coefficient (Wildman–Crippen LogP) is 0.936. The highest BCUT2D eigenvalue weighted by Crippen LogP contribution is 2.20. The average Bonchev–Trinajstić information content (AvgIpc) is 2.31. The summed E-state index contributed by atoms with van der Waals surface area (Å²) in [6.45, 7) is 3.59. The lowest BCUT2D eigenvalue weighted by molar-refractivity contribution is -0.132. The Balaban J connectivity index is 2.83. The van der Waals surface area contributed by atoms with Gasteiger partial charge in [0.05, 0.1) is 12.7 Å². The molecule has 0 radical (unpaired) electrons. The first-order valence-corrected chi connectivity index (χ1v) is 3.92. The summed E-state index contributed by atoms with van der Waals surface area (Å²) in [5.74, 6) is -0.173. The molecule has 1 aliphatic rings. The summed E-state index contributed by atoms with van der Waals surface area (Å²) in [7, 11) is 0.